The van der Waals surface area contributed by atoms with E-state index in [0.29, 0.717) is 5.41 Å². The summed E-state index contributed by atoms with van der Waals surface area (Å²) in [6.07, 6.45) is 11.9. The maximum atomic E-state index is 2.38. The van der Waals surface area contributed by atoms with Crippen LogP contribution in [0, 0.1) is 5.41 Å². The zero-order valence-corrected chi connectivity index (χ0v) is 16.8. The van der Waals surface area contributed by atoms with Gasteiger partial charge in [0.2, 0.25) is 0 Å². The van der Waals surface area contributed by atoms with Gasteiger partial charge < -0.3 is 0 Å². The molecular formula is C15H22Cl2Hf. The fourth-order valence-electron chi connectivity index (χ4n) is 2.27. The molecule has 2 aliphatic rings. The topological polar surface area (TPSA) is 0 Å². The minimum atomic E-state index is -0.718. The molecule has 0 spiro atoms. The summed E-state index contributed by atoms with van der Waals surface area (Å²) in [5.74, 6) is 0. The van der Waals surface area contributed by atoms with E-state index in [4.69, 9.17) is 0 Å². The van der Waals surface area contributed by atoms with E-state index >= 15 is 0 Å². The largest absolute Gasteiger partial charge is 0.147 e. The molecule has 0 aromatic carbocycles. The van der Waals surface area contributed by atoms with Crippen LogP contribution in [0.2, 0.25) is 0 Å². The predicted molar refractivity (Wildman–Crippen MR) is 81.2 cm³/mol. The SMILES string of the molecule is CC1=[C]([Hf][C]2=C(C(C)(C)C)C=CC2)CC=C1.Cl.Cl. The minimum absolute atomic E-state index is 0. The Morgan fingerprint density at radius 3 is 2.00 bits per heavy atom. The van der Waals surface area contributed by atoms with E-state index in [1.807, 2.05) is 3.33 Å². The quantitative estimate of drug-likeness (QED) is 0.493. The Kier molecular flexibility index (Phi) is 7.43. The summed E-state index contributed by atoms with van der Waals surface area (Å²) in [4.78, 5) is 0. The molecule has 0 unspecified atom stereocenters. The number of rotatable bonds is 2. The van der Waals surface area contributed by atoms with Crippen LogP contribution in [0.5, 0.6) is 0 Å². The smallest absolute Gasteiger partial charge is 0.147 e. The van der Waals surface area contributed by atoms with Gasteiger partial charge in [-0.25, -0.2) is 0 Å². The first-order chi connectivity index (χ1) is 7.48. The van der Waals surface area contributed by atoms with E-state index in [2.05, 4.69) is 52.0 Å². The van der Waals surface area contributed by atoms with Gasteiger partial charge in [-0.1, -0.05) is 0 Å². The van der Waals surface area contributed by atoms with Crippen molar-refractivity contribution in [2.24, 2.45) is 5.41 Å². The van der Waals surface area contributed by atoms with Gasteiger partial charge in [0.15, 0.2) is 0 Å². The van der Waals surface area contributed by atoms with Crippen molar-refractivity contribution in [3.8, 4) is 0 Å². The summed E-state index contributed by atoms with van der Waals surface area (Å²) in [6.45, 7) is 9.31. The predicted octanol–water partition coefficient (Wildman–Crippen LogP) is 5.41. The molecule has 0 nitrogen and oxygen atoms in total. The first kappa shape index (κ1) is 18.4. The monoisotopic (exact) mass is 452 g/mol. The van der Waals surface area contributed by atoms with Crippen LogP contribution in [0.1, 0.15) is 40.5 Å². The van der Waals surface area contributed by atoms with Crippen LogP contribution in [-0.4, -0.2) is 0 Å². The van der Waals surface area contributed by atoms with Crippen molar-refractivity contribution in [1.29, 1.82) is 0 Å². The molecule has 18 heavy (non-hydrogen) atoms. The molecule has 0 saturated heterocycles. The fourth-order valence-corrected chi connectivity index (χ4v) is 8.30. The Morgan fingerprint density at radius 2 is 1.50 bits per heavy atom. The standard InChI is InChI=1S/C9H13.C6H7.2ClH.Hf/c1-9(2,3)8-6-4-5-7-8;1-6-4-2-3-5-6;;;/h4,6H,5H2,1-3H3;2,4H,3H2,1H3;2*1H;. The Morgan fingerprint density at radius 1 is 0.944 bits per heavy atom. The molecule has 0 heterocycles. The van der Waals surface area contributed by atoms with Gasteiger partial charge in [-0.05, 0) is 0 Å². The zero-order valence-electron chi connectivity index (χ0n) is 11.5. The summed E-state index contributed by atoms with van der Waals surface area (Å²) in [7, 11) is 0. The first-order valence-electron chi connectivity index (χ1n) is 6.02. The van der Waals surface area contributed by atoms with Gasteiger partial charge in [0.25, 0.3) is 0 Å². The van der Waals surface area contributed by atoms with Crippen LogP contribution in [0.3, 0.4) is 0 Å². The first-order valence-corrected chi connectivity index (χ1v) is 9.61. The third-order valence-electron chi connectivity index (χ3n) is 3.21. The molecule has 0 radical (unpaired) electrons. The average molecular weight is 452 g/mol. The van der Waals surface area contributed by atoms with Gasteiger partial charge in [0.05, 0.1) is 0 Å². The molecule has 2 rings (SSSR count). The molecule has 0 aromatic heterocycles. The summed E-state index contributed by atoms with van der Waals surface area (Å²) in [5.41, 5.74) is 3.55. The minimum Gasteiger partial charge on any atom is -0.147 e. The van der Waals surface area contributed by atoms with Gasteiger partial charge in [-0.3, -0.25) is 0 Å². The van der Waals surface area contributed by atoms with Crippen molar-refractivity contribution >= 4 is 24.8 Å². The van der Waals surface area contributed by atoms with E-state index in [-0.39, 0.29) is 24.8 Å². The Labute approximate surface area is 135 Å². The van der Waals surface area contributed by atoms with Crippen molar-refractivity contribution in [2.75, 3.05) is 0 Å². The van der Waals surface area contributed by atoms with Gasteiger partial charge in [0.1, 0.15) is 0 Å². The maximum absolute atomic E-state index is 2.38. The normalized spacial score (nSPS) is 18.0. The summed E-state index contributed by atoms with van der Waals surface area (Å²) in [5, 5.41) is 0. The van der Waals surface area contributed by atoms with Crippen molar-refractivity contribution < 1.29 is 22.9 Å². The van der Waals surface area contributed by atoms with Crippen molar-refractivity contribution in [3.63, 3.8) is 0 Å². The average Bonchev–Trinajstić information content (AvgIpc) is 2.76. The molecule has 0 saturated carbocycles. The van der Waals surface area contributed by atoms with E-state index in [0.717, 1.165) is 0 Å². The number of allylic oxidation sites excluding steroid dienone is 8. The molecule has 0 amide bonds. The zero-order chi connectivity index (χ0) is 11.8. The molecule has 100 valence electrons. The van der Waals surface area contributed by atoms with Crippen LogP contribution < -0.4 is 0 Å². The Hall–Kier alpha value is 0.410. The van der Waals surface area contributed by atoms with Gasteiger partial charge in [-0.15, -0.1) is 24.8 Å². The van der Waals surface area contributed by atoms with E-state index < -0.39 is 22.9 Å². The van der Waals surface area contributed by atoms with Gasteiger partial charge in [0, 0.05) is 0 Å². The summed E-state index contributed by atoms with van der Waals surface area (Å²) in [6, 6.07) is 0. The number of hydrogen-bond donors (Lipinski definition) is 0. The molecule has 2 aliphatic carbocycles. The second-order valence-corrected chi connectivity index (χ2v) is 10.9. The van der Waals surface area contributed by atoms with Crippen LogP contribution in [0.25, 0.3) is 0 Å². The van der Waals surface area contributed by atoms with Crippen LogP contribution in [0.15, 0.2) is 42.1 Å². The molecule has 0 N–H and O–H groups in total. The fraction of sp³-hybridized carbons (Fsp3) is 0.467. The third-order valence-corrected chi connectivity index (χ3v) is 9.23. The van der Waals surface area contributed by atoms with E-state index in [9.17, 15) is 0 Å². The van der Waals surface area contributed by atoms with E-state index in [1.54, 1.807) is 14.5 Å². The van der Waals surface area contributed by atoms with E-state index in [1.165, 1.54) is 12.8 Å². The molecule has 0 atom stereocenters. The van der Waals surface area contributed by atoms with Crippen LogP contribution in [0.4, 0.5) is 0 Å². The maximum Gasteiger partial charge on any atom is -0.147 e. The molecule has 0 aromatic rings. The van der Waals surface area contributed by atoms with Crippen molar-refractivity contribution in [2.45, 2.75) is 40.5 Å². The molecule has 0 aliphatic heterocycles. The number of hydrogen-bond acceptors (Lipinski definition) is 0. The summed E-state index contributed by atoms with van der Waals surface area (Å²) >= 11 is -0.718. The van der Waals surface area contributed by atoms with Crippen LogP contribution in [-0.2, 0) is 22.9 Å². The molecular weight excluding hydrogens is 430 g/mol. The second kappa shape index (κ2) is 7.26. The number of halogens is 2. The molecule has 0 fully saturated rings. The Bertz CT molecular complexity index is 420. The second-order valence-electron chi connectivity index (χ2n) is 5.64. The van der Waals surface area contributed by atoms with Gasteiger partial charge >= 0.3 is 111 Å². The molecule has 0 bridgehead atoms. The van der Waals surface area contributed by atoms with Gasteiger partial charge in [-0.2, -0.15) is 0 Å². The third kappa shape index (κ3) is 4.21. The van der Waals surface area contributed by atoms with Crippen molar-refractivity contribution in [3.05, 3.63) is 42.1 Å². The summed E-state index contributed by atoms with van der Waals surface area (Å²) < 4.78 is 3.63. The van der Waals surface area contributed by atoms with Crippen LogP contribution >= 0.6 is 24.8 Å². The van der Waals surface area contributed by atoms with Crippen molar-refractivity contribution in [1.82, 2.24) is 0 Å². The Balaban J connectivity index is 0.00000144. The molecule has 3 heteroatoms.